The first-order chi connectivity index (χ1) is 9.74. The summed E-state index contributed by atoms with van der Waals surface area (Å²) in [6.45, 7) is 4.34. The van der Waals surface area contributed by atoms with E-state index < -0.39 is 5.82 Å². The molecule has 0 saturated carbocycles. The van der Waals surface area contributed by atoms with E-state index in [0.717, 1.165) is 24.4 Å². The van der Waals surface area contributed by atoms with E-state index in [1.54, 1.807) is 18.3 Å². The van der Waals surface area contributed by atoms with Crippen LogP contribution in [0.15, 0.2) is 30.6 Å². The lowest BCUT2D eigenvalue weighted by molar-refractivity contribution is 0.611. The molecular formula is C15H17FN4. The Kier molecular flexibility index (Phi) is 4.85. The van der Waals surface area contributed by atoms with E-state index >= 15 is 0 Å². The Morgan fingerprint density at radius 3 is 3.05 bits per heavy atom. The van der Waals surface area contributed by atoms with Crippen molar-refractivity contribution in [3.05, 3.63) is 53.4 Å². The second kappa shape index (κ2) is 6.83. The van der Waals surface area contributed by atoms with E-state index in [-0.39, 0.29) is 5.56 Å². The van der Waals surface area contributed by atoms with E-state index in [1.807, 2.05) is 16.8 Å². The summed E-state index contributed by atoms with van der Waals surface area (Å²) in [6.07, 6.45) is 4.71. The van der Waals surface area contributed by atoms with Crippen LogP contribution in [0.3, 0.4) is 0 Å². The highest BCUT2D eigenvalue weighted by molar-refractivity contribution is 5.34. The third-order valence-corrected chi connectivity index (χ3v) is 3.02. The molecule has 0 aliphatic carbocycles. The average molecular weight is 272 g/mol. The number of imidazole rings is 1. The molecular weight excluding hydrogens is 255 g/mol. The molecule has 1 aromatic carbocycles. The summed E-state index contributed by atoms with van der Waals surface area (Å²) >= 11 is 0. The predicted molar refractivity (Wildman–Crippen MR) is 74.4 cm³/mol. The van der Waals surface area contributed by atoms with Gasteiger partial charge in [0.05, 0.1) is 12.1 Å². The third-order valence-electron chi connectivity index (χ3n) is 3.02. The highest BCUT2D eigenvalue weighted by Crippen LogP contribution is 2.12. The molecule has 1 N–H and O–H groups in total. The second-order valence-electron chi connectivity index (χ2n) is 4.57. The summed E-state index contributed by atoms with van der Waals surface area (Å²) < 4.78 is 15.3. The number of halogens is 1. The molecule has 0 atom stereocenters. The minimum Gasteiger partial charge on any atom is -0.329 e. The Morgan fingerprint density at radius 1 is 1.45 bits per heavy atom. The Balaban J connectivity index is 2.10. The number of hydrogen-bond acceptors (Lipinski definition) is 3. The molecule has 104 valence electrons. The quantitative estimate of drug-likeness (QED) is 0.822. The van der Waals surface area contributed by atoms with Gasteiger partial charge in [-0.3, -0.25) is 0 Å². The molecule has 4 nitrogen and oxygen atoms in total. The molecule has 20 heavy (non-hydrogen) atoms. The van der Waals surface area contributed by atoms with Gasteiger partial charge in [-0.2, -0.15) is 5.26 Å². The highest BCUT2D eigenvalue weighted by Gasteiger charge is 2.06. The van der Waals surface area contributed by atoms with Crippen LogP contribution in [-0.2, 0) is 13.1 Å². The average Bonchev–Trinajstić information content (AvgIpc) is 2.88. The maximum absolute atomic E-state index is 13.3. The molecule has 5 heteroatoms. The van der Waals surface area contributed by atoms with Crippen molar-refractivity contribution in [2.75, 3.05) is 6.54 Å². The van der Waals surface area contributed by atoms with E-state index in [9.17, 15) is 4.39 Å². The van der Waals surface area contributed by atoms with Crippen molar-refractivity contribution < 1.29 is 4.39 Å². The van der Waals surface area contributed by atoms with Crippen LogP contribution < -0.4 is 5.32 Å². The topological polar surface area (TPSA) is 53.6 Å². The van der Waals surface area contributed by atoms with Crippen molar-refractivity contribution in [2.24, 2.45) is 0 Å². The van der Waals surface area contributed by atoms with Crippen LogP contribution in [0.4, 0.5) is 4.39 Å². The molecule has 2 rings (SSSR count). The molecule has 0 aliphatic heterocycles. The van der Waals surface area contributed by atoms with Gasteiger partial charge in [0.1, 0.15) is 17.7 Å². The third kappa shape index (κ3) is 3.43. The minimum absolute atomic E-state index is 0.0771. The van der Waals surface area contributed by atoms with Gasteiger partial charge in [-0.1, -0.05) is 13.0 Å². The standard InChI is InChI=1S/C15H17FN4/c1-2-5-18-10-15-19-6-7-20(15)11-12-3-4-14(16)13(8-12)9-17/h3-4,6-8,18H,2,5,10-11H2,1H3. The Labute approximate surface area is 117 Å². The molecule has 0 fully saturated rings. The molecule has 0 spiro atoms. The number of nitrogens with zero attached hydrogens (tertiary/aromatic N) is 3. The predicted octanol–water partition coefficient (Wildman–Crippen LogP) is 2.44. The molecule has 0 amide bonds. The first-order valence-electron chi connectivity index (χ1n) is 6.64. The Hall–Kier alpha value is -2.19. The summed E-state index contributed by atoms with van der Waals surface area (Å²) in [7, 11) is 0. The van der Waals surface area contributed by atoms with Crippen LogP contribution in [0.25, 0.3) is 0 Å². The van der Waals surface area contributed by atoms with Gasteiger partial charge in [-0.25, -0.2) is 9.37 Å². The van der Waals surface area contributed by atoms with Crippen molar-refractivity contribution >= 4 is 0 Å². The summed E-state index contributed by atoms with van der Waals surface area (Å²) in [5.41, 5.74) is 0.964. The molecule has 1 aromatic heterocycles. The minimum atomic E-state index is -0.480. The number of rotatable bonds is 6. The van der Waals surface area contributed by atoms with Crippen molar-refractivity contribution in [3.8, 4) is 6.07 Å². The van der Waals surface area contributed by atoms with Gasteiger partial charge in [0.15, 0.2) is 0 Å². The number of benzene rings is 1. The van der Waals surface area contributed by atoms with E-state index in [0.29, 0.717) is 13.1 Å². The van der Waals surface area contributed by atoms with Crippen LogP contribution in [0.5, 0.6) is 0 Å². The van der Waals surface area contributed by atoms with Gasteiger partial charge in [0.2, 0.25) is 0 Å². The van der Waals surface area contributed by atoms with Crippen molar-refractivity contribution in [1.82, 2.24) is 14.9 Å². The number of aromatic nitrogens is 2. The smallest absolute Gasteiger partial charge is 0.140 e. The fourth-order valence-corrected chi connectivity index (χ4v) is 1.98. The summed E-state index contributed by atoms with van der Waals surface area (Å²) in [5, 5.41) is 12.1. The van der Waals surface area contributed by atoms with Gasteiger partial charge >= 0.3 is 0 Å². The van der Waals surface area contributed by atoms with Crippen LogP contribution >= 0.6 is 0 Å². The van der Waals surface area contributed by atoms with Crippen molar-refractivity contribution in [3.63, 3.8) is 0 Å². The van der Waals surface area contributed by atoms with E-state index in [1.165, 1.54) is 6.07 Å². The largest absolute Gasteiger partial charge is 0.329 e. The van der Waals surface area contributed by atoms with E-state index in [2.05, 4.69) is 17.2 Å². The maximum Gasteiger partial charge on any atom is 0.140 e. The number of hydrogen-bond donors (Lipinski definition) is 1. The molecule has 1 heterocycles. The van der Waals surface area contributed by atoms with Gasteiger partial charge in [-0.05, 0) is 30.7 Å². The van der Waals surface area contributed by atoms with Gasteiger partial charge in [0.25, 0.3) is 0 Å². The monoisotopic (exact) mass is 272 g/mol. The number of nitrogens with one attached hydrogen (secondary N) is 1. The molecule has 0 aliphatic rings. The summed E-state index contributed by atoms with van der Waals surface area (Å²) in [4.78, 5) is 4.31. The Bertz CT molecular complexity index is 613. The fraction of sp³-hybridized carbons (Fsp3) is 0.333. The molecule has 0 saturated heterocycles. The molecule has 2 aromatic rings. The highest BCUT2D eigenvalue weighted by atomic mass is 19.1. The summed E-state index contributed by atoms with van der Waals surface area (Å²) in [5.74, 6) is 0.452. The lowest BCUT2D eigenvalue weighted by Gasteiger charge is -2.09. The van der Waals surface area contributed by atoms with Gasteiger partial charge < -0.3 is 9.88 Å². The molecule has 0 radical (unpaired) electrons. The van der Waals surface area contributed by atoms with Crippen molar-refractivity contribution in [1.29, 1.82) is 5.26 Å². The van der Waals surface area contributed by atoms with Crippen LogP contribution in [0.2, 0.25) is 0 Å². The fourth-order valence-electron chi connectivity index (χ4n) is 1.98. The van der Waals surface area contributed by atoms with Crippen LogP contribution in [0.1, 0.15) is 30.3 Å². The van der Waals surface area contributed by atoms with Crippen molar-refractivity contribution in [2.45, 2.75) is 26.4 Å². The van der Waals surface area contributed by atoms with Gasteiger partial charge in [0, 0.05) is 18.9 Å². The maximum atomic E-state index is 13.3. The lowest BCUT2D eigenvalue weighted by atomic mass is 10.1. The molecule has 0 bridgehead atoms. The van der Waals surface area contributed by atoms with Gasteiger partial charge in [-0.15, -0.1) is 0 Å². The SMILES string of the molecule is CCCNCc1nccn1Cc1ccc(F)c(C#N)c1. The zero-order valence-corrected chi connectivity index (χ0v) is 11.4. The normalized spacial score (nSPS) is 10.4. The first kappa shape index (κ1) is 14.2. The first-order valence-corrected chi connectivity index (χ1v) is 6.64. The van der Waals surface area contributed by atoms with Crippen LogP contribution in [-0.4, -0.2) is 16.1 Å². The zero-order valence-electron chi connectivity index (χ0n) is 11.4. The second-order valence-corrected chi connectivity index (χ2v) is 4.57. The van der Waals surface area contributed by atoms with Crippen LogP contribution in [0, 0.1) is 17.1 Å². The zero-order chi connectivity index (χ0) is 14.4. The number of nitriles is 1. The summed E-state index contributed by atoms with van der Waals surface area (Å²) in [6, 6.07) is 6.47. The molecule has 0 unspecified atom stereocenters. The van der Waals surface area contributed by atoms with E-state index in [4.69, 9.17) is 5.26 Å². The lowest BCUT2D eigenvalue weighted by Crippen LogP contribution is -2.18. The Morgan fingerprint density at radius 2 is 2.30 bits per heavy atom.